The number of carbonyl (C=O) groups excluding carboxylic acids is 1. The first-order valence-corrected chi connectivity index (χ1v) is 8.85. The predicted molar refractivity (Wildman–Crippen MR) is 81.0 cm³/mol. The van der Waals surface area contributed by atoms with E-state index >= 15 is 0 Å². The fourth-order valence-electron chi connectivity index (χ4n) is 3.24. The van der Waals surface area contributed by atoms with E-state index in [1.54, 1.807) is 0 Å². The summed E-state index contributed by atoms with van der Waals surface area (Å²) < 4.78 is 24.6. The second kappa shape index (κ2) is 5.68. The molecule has 1 saturated carbocycles. The molecule has 1 aromatic carbocycles. The quantitative estimate of drug-likeness (QED) is 0.802. The maximum Gasteiger partial charge on any atom is 0.178 e. The molecular formula is C16H22O3S. The van der Waals surface area contributed by atoms with Gasteiger partial charge in [0.1, 0.15) is 5.75 Å². The minimum Gasteiger partial charge on any atom is -0.293 e. The molecule has 0 heterocycles. The lowest BCUT2D eigenvalue weighted by Gasteiger charge is -2.13. The first-order valence-electron chi connectivity index (χ1n) is 7.14. The fourth-order valence-corrected chi connectivity index (χ4v) is 5.04. The van der Waals surface area contributed by atoms with Crippen LogP contribution in [-0.2, 0) is 9.84 Å². The van der Waals surface area contributed by atoms with Gasteiger partial charge in [0.05, 0.1) is 5.25 Å². The normalized spacial score (nSPS) is 16.6. The number of hydrogen-bond acceptors (Lipinski definition) is 3. The molecule has 0 aliphatic heterocycles. The van der Waals surface area contributed by atoms with Crippen molar-refractivity contribution in [3.05, 3.63) is 34.4 Å². The zero-order valence-corrected chi connectivity index (χ0v) is 13.2. The summed E-state index contributed by atoms with van der Waals surface area (Å²) in [5, 5.41) is -0.308. The van der Waals surface area contributed by atoms with Crippen molar-refractivity contribution in [2.24, 2.45) is 0 Å². The van der Waals surface area contributed by atoms with E-state index in [1.807, 2.05) is 32.9 Å². The van der Waals surface area contributed by atoms with Gasteiger partial charge >= 0.3 is 0 Å². The lowest BCUT2D eigenvalue weighted by molar-refractivity contribution is 0.101. The molecule has 0 radical (unpaired) electrons. The van der Waals surface area contributed by atoms with E-state index in [9.17, 15) is 13.2 Å². The molecule has 20 heavy (non-hydrogen) atoms. The zero-order chi connectivity index (χ0) is 14.9. The van der Waals surface area contributed by atoms with E-state index in [0.29, 0.717) is 18.4 Å². The number of Topliss-reactive ketones (excluding diaryl/α,β-unsaturated/α-hetero) is 1. The summed E-state index contributed by atoms with van der Waals surface area (Å²) in [4.78, 5) is 12.4. The Kier molecular flexibility index (Phi) is 4.33. The molecule has 3 nitrogen and oxygen atoms in total. The van der Waals surface area contributed by atoms with Crippen LogP contribution >= 0.6 is 0 Å². The van der Waals surface area contributed by atoms with Crippen LogP contribution in [0.25, 0.3) is 0 Å². The van der Waals surface area contributed by atoms with E-state index < -0.39 is 9.84 Å². The van der Waals surface area contributed by atoms with Gasteiger partial charge in [0, 0.05) is 5.56 Å². The lowest BCUT2D eigenvalue weighted by Crippen LogP contribution is -2.26. The Bertz CT molecular complexity index is 600. The third-order valence-corrected chi connectivity index (χ3v) is 6.25. The van der Waals surface area contributed by atoms with Crippen LogP contribution in [0, 0.1) is 20.8 Å². The zero-order valence-electron chi connectivity index (χ0n) is 12.4. The molecule has 1 aromatic rings. The minimum atomic E-state index is -3.30. The van der Waals surface area contributed by atoms with Gasteiger partial charge in [0.15, 0.2) is 15.6 Å². The number of sulfone groups is 1. The summed E-state index contributed by atoms with van der Waals surface area (Å²) in [7, 11) is -3.30. The number of benzene rings is 1. The fraction of sp³-hybridized carbons (Fsp3) is 0.562. The van der Waals surface area contributed by atoms with Crippen molar-refractivity contribution in [3.63, 3.8) is 0 Å². The molecule has 110 valence electrons. The largest absolute Gasteiger partial charge is 0.293 e. The van der Waals surface area contributed by atoms with E-state index in [4.69, 9.17) is 0 Å². The average molecular weight is 294 g/mol. The molecule has 0 spiro atoms. The molecule has 0 bridgehead atoms. The molecule has 1 fully saturated rings. The monoisotopic (exact) mass is 294 g/mol. The summed E-state index contributed by atoms with van der Waals surface area (Å²) in [5.41, 5.74) is 3.41. The molecule has 2 rings (SSSR count). The van der Waals surface area contributed by atoms with Gasteiger partial charge in [0.25, 0.3) is 0 Å². The van der Waals surface area contributed by atoms with Gasteiger partial charge in [-0.2, -0.15) is 0 Å². The highest BCUT2D eigenvalue weighted by Gasteiger charge is 2.31. The van der Waals surface area contributed by atoms with Crippen molar-refractivity contribution in [2.45, 2.75) is 51.7 Å². The number of aryl methyl sites for hydroxylation is 3. The van der Waals surface area contributed by atoms with Crippen LogP contribution in [0.4, 0.5) is 0 Å². The maximum atomic E-state index is 12.4. The lowest BCUT2D eigenvalue weighted by atomic mass is 9.97. The first-order chi connectivity index (χ1) is 9.31. The Morgan fingerprint density at radius 2 is 1.60 bits per heavy atom. The molecule has 1 aliphatic rings. The Hall–Kier alpha value is -1.16. The van der Waals surface area contributed by atoms with Crippen molar-refractivity contribution in [2.75, 3.05) is 5.75 Å². The van der Waals surface area contributed by atoms with Crippen LogP contribution in [0.5, 0.6) is 0 Å². The van der Waals surface area contributed by atoms with Crippen molar-refractivity contribution in [1.82, 2.24) is 0 Å². The SMILES string of the molecule is Cc1cc(C)c(C(=O)CS(=O)(=O)C2CCCC2)c(C)c1. The van der Waals surface area contributed by atoms with Crippen LogP contribution < -0.4 is 0 Å². The molecule has 0 N–H and O–H groups in total. The minimum absolute atomic E-state index is 0.257. The van der Waals surface area contributed by atoms with Crippen LogP contribution in [0.15, 0.2) is 12.1 Å². The van der Waals surface area contributed by atoms with Gasteiger partial charge in [-0.1, -0.05) is 30.5 Å². The Labute approximate surface area is 121 Å². The standard InChI is InChI=1S/C16H22O3S/c1-11-8-12(2)16(13(3)9-11)15(17)10-20(18,19)14-6-4-5-7-14/h8-9,14H,4-7,10H2,1-3H3. The van der Waals surface area contributed by atoms with Crippen LogP contribution in [-0.4, -0.2) is 25.2 Å². The molecule has 0 saturated heterocycles. The third-order valence-electron chi connectivity index (χ3n) is 4.10. The van der Waals surface area contributed by atoms with Crippen molar-refractivity contribution >= 4 is 15.6 Å². The summed E-state index contributed by atoms with van der Waals surface area (Å²) >= 11 is 0. The number of carbonyl (C=O) groups is 1. The van der Waals surface area contributed by atoms with E-state index in [2.05, 4.69) is 0 Å². The molecular weight excluding hydrogens is 272 g/mol. The molecule has 0 atom stereocenters. The van der Waals surface area contributed by atoms with Gasteiger partial charge < -0.3 is 0 Å². The highest BCUT2D eigenvalue weighted by molar-refractivity contribution is 7.92. The summed E-state index contributed by atoms with van der Waals surface area (Å²) in [5.74, 6) is -0.602. The second-order valence-corrected chi connectivity index (χ2v) is 8.19. The van der Waals surface area contributed by atoms with Crippen molar-refractivity contribution < 1.29 is 13.2 Å². The summed E-state index contributed by atoms with van der Waals surface area (Å²) in [6, 6.07) is 3.87. The number of ketones is 1. The maximum absolute atomic E-state index is 12.4. The predicted octanol–water partition coefficient (Wildman–Crippen LogP) is 3.15. The van der Waals surface area contributed by atoms with E-state index in [-0.39, 0.29) is 16.8 Å². The highest BCUT2D eigenvalue weighted by atomic mass is 32.2. The molecule has 0 aromatic heterocycles. The molecule has 0 amide bonds. The summed E-state index contributed by atoms with van der Waals surface area (Å²) in [6.07, 6.45) is 3.34. The Morgan fingerprint density at radius 3 is 2.10 bits per heavy atom. The third kappa shape index (κ3) is 3.11. The topological polar surface area (TPSA) is 51.2 Å². The van der Waals surface area contributed by atoms with Gasteiger partial charge in [-0.25, -0.2) is 8.42 Å². The Balaban J connectivity index is 2.25. The van der Waals surface area contributed by atoms with Gasteiger partial charge in [-0.15, -0.1) is 0 Å². The molecule has 0 unspecified atom stereocenters. The molecule has 4 heteroatoms. The second-order valence-electron chi connectivity index (χ2n) is 5.91. The van der Waals surface area contributed by atoms with Crippen molar-refractivity contribution in [1.29, 1.82) is 0 Å². The van der Waals surface area contributed by atoms with Crippen LogP contribution in [0.3, 0.4) is 0 Å². The van der Waals surface area contributed by atoms with E-state index in [0.717, 1.165) is 29.5 Å². The highest BCUT2D eigenvalue weighted by Crippen LogP contribution is 2.26. The number of rotatable bonds is 4. The average Bonchev–Trinajstić information content (AvgIpc) is 2.79. The smallest absolute Gasteiger partial charge is 0.178 e. The van der Waals surface area contributed by atoms with Gasteiger partial charge in [-0.05, 0) is 44.7 Å². The van der Waals surface area contributed by atoms with E-state index in [1.165, 1.54) is 0 Å². The first kappa shape index (κ1) is 15.2. The molecule has 1 aliphatic carbocycles. The van der Waals surface area contributed by atoms with Crippen LogP contribution in [0.1, 0.15) is 52.7 Å². The van der Waals surface area contributed by atoms with Crippen molar-refractivity contribution in [3.8, 4) is 0 Å². The number of hydrogen-bond donors (Lipinski definition) is 0. The van der Waals surface area contributed by atoms with Gasteiger partial charge in [-0.3, -0.25) is 4.79 Å². The Morgan fingerprint density at radius 1 is 1.10 bits per heavy atom. The van der Waals surface area contributed by atoms with Gasteiger partial charge in [0.2, 0.25) is 0 Å². The van der Waals surface area contributed by atoms with Crippen LogP contribution in [0.2, 0.25) is 0 Å². The summed E-state index contributed by atoms with van der Waals surface area (Å²) in [6.45, 7) is 5.72.